The van der Waals surface area contributed by atoms with Gasteiger partial charge in [0.25, 0.3) is 0 Å². The number of likely N-dealkylation sites (tertiary alicyclic amines) is 1. The van der Waals surface area contributed by atoms with E-state index in [-0.39, 0.29) is 0 Å². The summed E-state index contributed by atoms with van der Waals surface area (Å²) in [6.07, 6.45) is 7.92. The van der Waals surface area contributed by atoms with Gasteiger partial charge in [-0.25, -0.2) is 0 Å². The summed E-state index contributed by atoms with van der Waals surface area (Å²) in [6.45, 7) is 4.35. The molecule has 1 saturated heterocycles. The van der Waals surface area contributed by atoms with Crippen molar-refractivity contribution in [3.63, 3.8) is 0 Å². The quantitative estimate of drug-likeness (QED) is 0.533. The van der Waals surface area contributed by atoms with E-state index in [0.29, 0.717) is 5.92 Å². The second-order valence-corrected chi connectivity index (χ2v) is 5.03. The molecule has 86 valence electrons. The lowest BCUT2D eigenvalue weighted by molar-refractivity contribution is 0.138. The van der Waals surface area contributed by atoms with Crippen molar-refractivity contribution in [3.8, 4) is 0 Å². The van der Waals surface area contributed by atoms with Gasteiger partial charge in [-0.1, -0.05) is 31.3 Å². The van der Waals surface area contributed by atoms with E-state index >= 15 is 0 Å². The molecule has 2 fully saturated rings. The number of piperidine rings is 1. The zero-order valence-corrected chi connectivity index (χ0v) is 9.65. The van der Waals surface area contributed by atoms with Crippen molar-refractivity contribution in [1.82, 2.24) is 4.90 Å². The van der Waals surface area contributed by atoms with E-state index in [1.807, 2.05) is 0 Å². The molecule has 0 aromatic carbocycles. The van der Waals surface area contributed by atoms with Crippen LogP contribution in [-0.4, -0.2) is 35.0 Å². The summed E-state index contributed by atoms with van der Waals surface area (Å²) >= 11 is 0. The largest absolute Gasteiger partial charge is 0.411 e. The maximum absolute atomic E-state index is 8.83. The van der Waals surface area contributed by atoms with Gasteiger partial charge >= 0.3 is 0 Å². The van der Waals surface area contributed by atoms with E-state index in [1.165, 1.54) is 32.1 Å². The Balaban J connectivity index is 1.89. The van der Waals surface area contributed by atoms with Gasteiger partial charge in [-0.05, 0) is 12.8 Å². The monoisotopic (exact) mass is 210 g/mol. The van der Waals surface area contributed by atoms with Gasteiger partial charge in [0.1, 0.15) is 0 Å². The summed E-state index contributed by atoms with van der Waals surface area (Å²) < 4.78 is 0. The first kappa shape index (κ1) is 10.9. The summed E-state index contributed by atoms with van der Waals surface area (Å²) in [5, 5.41) is 12.2. The maximum atomic E-state index is 8.83. The van der Waals surface area contributed by atoms with Crippen LogP contribution in [0.3, 0.4) is 0 Å². The molecule has 0 aromatic rings. The topological polar surface area (TPSA) is 35.8 Å². The highest BCUT2D eigenvalue weighted by atomic mass is 16.4. The van der Waals surface area contributed by atoms with Gasteiger partial charge in [0, 0.05) is 31.5 Å². The molecule has 0 bridgehead atoms. The van der Waals surface area contributed by atoms with E-state index in [4.69, 9.17) is 5.21 Å². The Morgan fingerprint density at radius 3 is 2.60 bits per heavy atom. The molecule has 1 aliphatic carbocycles. The van der Waals surface area contributed by atoms with Crippen LogP contribution in [0.5, 0.6) is 0 Å². The van der Waals surface area contributed by atoms with Gasteiger partial charge in [0.2, 0.25) is 0 Å². The van der Waals surface area contributed by atoms with Crippen LogP contribution < -0.4 is 0 Å². The molecule has 1 unspecified atom stereocenters. The van der Waals surface area contributed by atoms with E-state index in [9.17, 15) is 0 Å². The predicted octanol–water partition coefficient (Wildman–Crippen LogP) is 2.49. The van der Waals surface area contributed by atoms with Crippen molar-refractivity contribution in [2.75, 3.05) is 13.1 Å². The normalized spacial score (nSPS) is 33.4. The first-order chi connectivity index (χ1) is 7.31. The molecule has 1 atom stereocenters. The van der Waals surface area contributed by atoms with Gasteiger partial charge < -0.3 is 5.21 Å². The Morgan fingerprint density at radius 1 is 1.27 bits per heavy atom. The average Bonchev–Trinajstić information content (AvgIpc) is 2.30. The molecule has 2 rings (SSSR count). The molecule has 0 radical (unpaired) electrons. The molecule has 3 nitrogen and oxygen atoms in total. The fourth-order valence-corrected chi connectivity index (χ4v) is 2.98. The SMILES string of the molecule is CC1CN(C2CCCCC2)CCC1=NO. The summed E-state index contributed by atoms with van der Waals surface area (Å²) in [6, 6.07) is 0.807. The van der Waals surface area contributed by atoms with Crippen LogP contribution in [0.15, 0.2) is 5.16 Å². The van der Waals surface area contributed by atoms with Crippen LogP contribution in [0.25, 0.3) is 0 Å². The summed E-state index contributed by atoms with van der Waals surface area (Å²) in [5.41, 5.74) is 0.988. The molecular weight excluding hydrogens is 188 g/mol. The minimum atomic E-state index is 0.436. The Labute approximate surface area is 92.1 Å². The van der Waals surface area contributed by atoms with Crippen molar-refractivity contribution in [2.24, 2.45) is 11.1 Å². The summed E-state index contributed by atoms with van der Waals surface area (Å²) in [5.74, 6) is 0.436. The van der Waals surface area contributed by atoms with Crippen molar-refractivity contribution in [2.45, 2.75) is 51.5 Å². The van der Waals surface area contributed by atoms with E-state index in [2.05, 4.69) is 17.0 Å². The third kappa shape index (κ3) is 2.51. The predicted molar refractivity (Wildman–Crippen MR) is 61.4 cm³/mol. The molecule has 1 saturated carbocycles. The molecular formula is C12H22N2O. The molecule has 3 heteroatoms. The fraction of sp³-hybridized carbons (Fsp3) is 0.917. The van der Waals surface area contributed by atoms with Crippen LogP contribution in [-0.2, 0) is 0 Å². The van der Waals surface area contributed by atoms with Crippen molar-refractivity contribution in [3.05, 3.63) is 0 Å². The van der Waals surface area contributed by atoms with Gasteiger partial charge in [-0.15, -0.1) is 0 Å². The van der Waals surface area contributed by atoms with Crippen molar-refractivity contribution < 1.29 is 5.21 Å². The standard InChI is InChI=1S/C12H22N2O/c1-10-9-14(8-7-12(10)13-15)11-5-3-2-4-6-11/h10-11,15H,2-9H2,1H3. The van der Waals surface area contributed by atoms with Gasteiger partial charge in [0.05, 0.1) is 5.71 Å². The van der Waals surface area contributed by atoms with E-state index in [1.54, 1.807) is 0 Å². The second-order valence-electron chi connectivity index (χ2n) is 5.03. The highest BCUT2D eigenvalue weighted by Crippen LogP contribution is 2.26. The lowest BCUT2D eigenvalue weighted by Gasteiger charge is -2.39. The smallest absolute Gasteiger partial charge is 0.0624 e. The summed E-state index contributed by atoms with van der Waals surface area (Å²) in [7, 11) is 0. The number of nitrogens with zero attached hydrogens (tertiary/aromatic N) is 2. The highest BCUT2D eigenvalue weighted by Gasteiger charge is 2.28. The van der Waals surface area contributed by atoms with Crippen molar-refractivity contribution >= 4 is 5.71 Å². The first-order valence-electron chi connectivity index (χ1n) is 6.26. The van der Waals surface area contributed by atoms with E-state index < -0.39 is 0 Å². The lowest BCUT2D eigenvalue weighted by Crippen LogP contribution is -2.46. The van der Waals surface area contributed by atoms with Crippen LogP contribution in [0, 0.1) is 5.92 Å². The molecule has 1 N–H and O–H groups in total. The van der Waals surface area contributed by atoms with Crippen LogP contribution in [0.4, 0.5) is 0 Å². The number of hydrogen-bond donors (Lipinski definition) is 1. The molecule has 15 heavy (non-hydrogen) atoms. The van der Waals surface area contributed by atoms with Gasteiger partial charge in [-0.3, -0.25) is 4.90 Å². The van der Waals surface area contributed by atoms with E-state index in [0.717, 1.165) is 31.3 Å². The minimum absolute atomic E-state index is 0.436. The third-order valence-electron chi connectivity index (χ3n) is 3.95. The second kappa shape index (κ2) is 4.97. The molecule has 2 aliphatic rings. The number of rotatable bonds is 1. The average molecular weight is 210 g/mol. The molecule has 0 spiro atoms. The fourth-order valence-electron chi connectivity index (χ4n) is 2.98. The number of hydrogen-bond acceptors (Lipinski definition) is 3. The Bertz CT molecular complexity index is 234. The van der Waals surface area contributed by atoms with Crippen LogP contribution in [0.1, 0.15) is 45.4 Å². The molecule has 1 heterocycles. The number of oxime groups is 1. The lowest BCUT2D eigenvalue weighted by atomic mass is 9.90. The first-order valence-corrected chi connectivity index (χ1v) is 6.26. The van der Waals surface area contributed by atoms with Gasteiger partial charge in [0.15, 0.2) is 0 Å². The summed E-state index contributed by atoms with van der Waals surface area (Å²) in [4.78, 5) is 2.61. The zero-order chi connectivity index (χ0) is 10.7. The molecule has 0 aromatic heterocycles. The van der Waals surface area contributed by atoms with Crippen molar-refractivity contribution in [1.29, 1.82) is 0 Å². The molecule has 1 aliphatic heterocycles. The highest BCUT2D eigenvalue weighted by molar-refractivity contribution is 5.87. The Hall–Kier alpha value is -0.570. The molecule has 0 amide bonds. The van der Waals surface area contributed by atoms with Gasteiger partial charge in [-0.2, -0.15) is 0 Å². The van der Waals surface area contributed by atoms with Crippen LogP contribution in [0.2, 0.25) is 0 Å². The zero-order valence-electron chi connectivity index (χ0n) is 9.65. The Morgan fingerprint density at radius 2 is 2.00 bits per heavy atom. The Kier molecular flexibility index (Phi) is 3.62. The third-order valence-corrected chi connectivity index (χ3v) is 3.95. The minimum Gasteiger partial charge on any atom is -0.411 e. The van der Waals surface area contributed by atoms with Crippen LogP contribution >= 0.6 is 0 Å². The maximum Gasteiger partial charge on any atom is 0.0624 e.